The number of benzene rings is 1. The molecule has 4 heteroatoms. The molecule has 0 amide bonds. The molecule has 0 saturated carbocycles. The van der Waals surface area contributed by atoms with E-state index in [2.05, 4.69) is 15.9 Å². The topological polar surface area (TPSA) is 46.5 Å². The summed E-state index contributed by atoms with van der Waals surface area (Å²) in [6.45, 7) is 9.69. The summed E-state index contributed by atoms with van der Waals surface area (Å²) in [5, 5.41) is 10.1. The fourth-order valence-electron chi connectivity index (χ4n) is 2.23. The van der Waals surface area contributed by atoms with Crippen molar-refractivity contribution in [2.24, 2.45) is 0 Å². The molecule has 0 bridgehead atoms. The number of alkyl halides is 1. The number of Topliss-reactive ketones (excluding diaryl/α,β-unsaturated/α-hetero) is 1. The lowest BCUT2D eigenvalue weighted by atomic mass is 9.83. The monoisotopic (exact) mass is 326 g/mol. The van der Waals surface area contributed by atoms with Crippen LogP contribution in [0, 0.1) is 0 Å². The average Bonchev–Trinajstić information content (AvgIpc) is 2.23. The van der Waals surface area contributed by atoms with Gasteiger partial charge in [0.2, 0.25) is 0 Å². The van der Waals surface area contributed by atoms with Gasteiger partial charge in [-0.3, -0.25) is 4.79 Å². The fourth-order valence-corrected chi connectivity index (χ4v) is 2.57. The van der Waals surface area contributed by atoms with Crippen molar-refractivity contribution in [2.45, 2.75) is 50.5 Å². The van der Waals surface area contributed by atoms with Crippen LogP contribution >= 0.6 is 15.9 Å². The second-order valence-electron chi connectivity index (χ2n) is 6.55. The summed E-state index contributed by atoms with van der Waals surface area (Å²) < 4.78 is 5.82. The third kappa shape index (κ3) is 2.38. The van der Waals surface area contributed by atoms with Crippen LogP contribution in [0.2, 0.25) is 0 Å². The highest BCUT2D eigenvalue weighted by atomic mass is 79.9. The minimum atomic E-state index is -0.625. The van der Waals surface area contributed by atoms with Gasteiger partial charge in [0.25, 0.3) is 0 Å². The number of rotatable bonds is 0. The smallest absolute Gasteiger partial charge is 0.184 e. The van der Waals surface area contributed by atoms with Crippen molar-refractivity contribution >= 4 is 21.7 Å². The molecule has 1 aliphatic rings. The summed E-state index contributed by atoms with van der Waals surface area (Å²) in [6, 6.07) is 3.30. The lowest BCUT2D eigenvalue weighted by Crippen LogP contribution is -2.46. The van der Waals surface area contributed by atoms with Crippen LogP contribution in [0.15, 0.2) is 12.1 Å². The SMILES string of the molecule is CC(C)(C)c1cc2c(cc1O)OC(C)(C)C(Br)C2=O. The Kier molecular flexibility index (Phi) is 3.21. The average molecular weight is 327 g/mol. The summed E-state index contributed by atoms with van der Waals surface area (Å²) in [7, 11) is 0. The molecule has 0 aliphatic carbocycles. The molecule has 2 rings (SSSR count). The van der Waals surface area contributed by atoms with E-state index in [4.69, 9.17) is 4.74 Å². The van der Waals surface area contributed by atoms with Gasteiger partial charge in [0.05, 0.1) is 5.56 Å². The summed E-state index contributed by atoms with van der Waals surface area (Å²) in [6.07, 6.45) is 0. The van der Waals surface area contributed by atoms with Crippen molar-refractivity contribution in [1.82, 2.24) is 0 Å². The predicted molar refractivity (Wildman–Crippen MR) is 78.6 cm³/mol. The molecule has 3 nitrogen and oxygen atoms in total. The first-order chi connectivity index (χ1) is 8.54. The van der Waals surface area contributed by atoms with Gasteiger partial charge in [0.1, 0.15) is 21.9 Å². The molecule has 1 N–H and O–H groups in total. The van der Waals surface area contributed by atoms with Crippen LogP contribution in [-0.2, 0) is 5.41 Å². The first kappa shape index (κ1) is 14.4. The van der Waals surface area contributed by atoms with Gasteiger partial charge in [0, 0.05) is 11.6 Å². The maximum atomic E-state index is 12.4. The molecule has 0 radical (unpaired) electrons. The van der Waals surface area contributed by atoms with Crippen molar-refractivity contribution in [3.8, 4) is 11.5 Å². The maximum absolute atomic E-state index is 12.4. The number of carbonyl (C=O) groups excluding carboxylic acids is 1. The molecule has 19 heavy (non-hydrogen) atoms. The molecular formula is C15H19BrO3. The Bertz CT molecular complexity index is 541. The Morgan fingerprint density at radius 3 is 2.42 bits per heavy atom. The minimum absolute atomic E-state index is 0.00301. The second-order valence-corrected chi connectivity index (χ2v) is 7.46. The van der Waals surface area contributed by atoms with E-state index in [-0.39, 0.29) is 21.8 Å². The van der Waals surface area contributed by atoms with E-state index in [1.165, 1.54) is 0 Å². The van der Waals surface area contributed by atoms with E-state index in [1.807, 2.05) is 34.6 Å². The highest BCUT2D eigenvalue weighted by Crippen LogP contribution is 2.42. The number of phenolic OH excluding ortho intramolecular Hbond substituents is 1. The zero-order chi connectivity index (χ0) is 14.6. The molecule has 1 aromatic rings. The number of phenols is 1. The number of ether oxygens (including phenoxy) is 1. The highest BCUT2D eigenvalue weighted by molar-refractivity contribution is 9.10. The van der Waals surface area contributed by atoms with Crippen LogP contribution < -0.4 is 4.74 Å². The Balaban J connectivity index is 2.62. The van der Waals surface area contributed by atoms with E-state index in [9.17, 15) is 9.90 Å². The zero-order valence-electron chi connectivity index (χ0n) is 11.9. The van der Waals surface area contributed by atoms with Gasteiger partial charge >= 0.3 is 0 Å². The van der Waals surface area contributed by atoms with Gasteiger partial charge in [-0.2, -0.15) is 0 Å². The Labute approximate surface area is 122 Å². The standard InChI is InChI=1S/C15H19BrO3/c1-14(2,3)9-6-8-11(7-10(9)17)19-15(4,5)13(16)12(8)18/h6-7,13,17H,1-5H3. The molecule has 0 spiro atoms. The molecule has 0 saturated heterocycles. The van der Waals surface area contributed by atoms with Crippen molar-refractivity contribution in [2.75, 3.05) is 0 Å². The largest absolute Gasteiger partial charge is 0.508 e. The lowest BCUT2D eigenvalue weighted by Gasteiger charge is -2.36. The van der Waals surface area contributed by atoms with Crippen molar-refractivity contribution in [3.05, 3.63) is 23.3 Å². The number of hydrogen-bond donors (Lipinski definition) is 1. The molecule has 1 unspecified atom stereocenters. The van der Waals surface area contributed by atoms with Gasteiger partial charge in [-0.15, -0.1) is 0 Å². The van der Waals surface area contributed by atoms with E-state index in [0.717, 1.165) is 5.56 Å². The molecule has 1 heterocycles. The molecule has 1 atom stereocenters. The predicted octanol–water partition coefficient (Wildman–Crippen LogP) is 3.81. The number of hydrogen-bond acceptors (Lipinski definition) is 3. The third-order valence-electron chi connectivity index (χ3n) is 3.38. The van der Waals surface area contributed by atoms with E-state index in [1.54, 1.807) is 12.1 Å². The van der Waals surface area contributed by atoms with Crippen LogP contribution in [0.25, 0.3) is 0 Å². The second kappa shape index (κ2) is 4.23. The molecule has 1 aromatic carbocycles. The zero-order valence-corrected chi connectivity index (χ0v) is 13.5. The van der Waals surface area contributed by atoms with E-state index in [0.29, 0.717) is 11.3 Å². The van der Waals surface area contributed by atoms with E-state index < -0.39 is 5.60 Å². The molecule has 1 aliphatic heterocycles. The van der Waals surface area contributed by atoms with E-state index >= 15 is 0 Å². The van der Waals surface area contributed by atoms with Crippen molar-refractivity contribution in [1.29, 1.82) is 0 Å². The van der Waals surface area contributed by atoms with Crippen LogP contribution in [0.1, 0.15) is 50.5 Å². The van der Waals surface area contributed by atoms with Crippen LogP contribution in [0.4, 0.5) is 0 Å². The fraction of sp³-hybridized carbons (Fsp3) is 0.533. The van der Waals surface area contributed by atoms with Gasteiger partial charge in [-0.25, -0.2) is 0 Å². The van der Waals surface area contributed by atoms with Crippen molar-refractivity contribution in [3.63, 3.8) is 0 Å². The van der Waals surface area contributed by atoms with Gasteiger partial charge in [-0.1, -0.05) is 36.7 Å². The first-order valence-electron chi connectivity index (χ1n) is 6.29. The summed E-state index contributed by atoms with van der Waals surface area (Å²) in [4.78, 5) is 12.0. The normalized spacial score (nSPS) is 21.8. The third-order valence-corrected chi connectivity index (χ3v) is 4.90. The van der Waals surface area contributed by atoms with Gasteiger partial charge in [-0.05, 0) is 25.3 Å². The van der Waals surface area contributed by atoms with Crippen molar-refractivity contribution < 1.29 is 14.6 Å². The number of carbonyl (C=O) groups is 1. The highest BCUT2D eigenvalue weighted by Gasteiger charge is 2.42. The van der Waals surface area contributed by atoms with Crippen LogP contribution in [0.5, 0.6) is 11.5 Å². The molecule has 104 valence electrons. The molecule has 0 aromatic heterocycles. The van der Waals surface area contributed by atoms with Gasteiger partial charge in [0.15, 0.2) is 5.78 Å². The Morgan fingerprint density at radius 1 is 1.32 bits per heavy atom. The minimum Gasteiger partial charge on any atom is -0.508 e. The quantitative estimate of drug-likeness (QED) is 0.737. The summed E-state index contributed by atoms with van der Waals surface area (Å²) >= 11 is 3.40. The number of fused-ring (bicyclic) bond motifs is 1. The van der Waals surface area contributed by atoms with Crippen LogP contribution in [0.3, 0.4) is 0 Å². The molecule has 0 fully saturated rings. The molecular weight excluding hydrogens is 308 g/mol. The van der Waals surface area contributed by atoms with Gasteiger partial charge < -0.3 is 9.84 Å². The summed E-state index contributed by atoms with van der Waals surface area (Å²) in [5.74, 6) is 0.621. The Hall–Kier alpha value is -1.03. The number of ketones is 1. The lowest BCUT2D eigenvalue weighted by molar-refractivity contribution is 0.0666. The maximum Gasteiger partial charge on any atom is 0.184 e. The first-order valence-corrected chi connectivity index (χ1v) is 7.20. The number of halogens is 1. The summed E-state index contributed by atoms with van der Waals surface area (Å²) in [5.41, 5.74) is 0.431. The van der Waals surface area contributed by atoms with Crippen LogP contribution in [-0.4, -0.2) is 21.3 Å². The number of aromatic hydroxyl groups is 1. The Morgan fingerprint density at radius 2 is 1.89 bits per heavy atom.